The largest absolute Gasteiger partial charge is 0.393 e. The van der Waals surface area contributed by atoms with Gasteiger partial charge in [-0.25, -0.2) is 0 Å². The summed E-state index contributed by atoms with van der Waals surface area (Å²) in [6.07, 6.45) is 11.6. The standard InChI is InChI=1S/C27H35NO2/c1-26-12-9-19(29)15-18(26)16-23(30)25-20-7-8-24(27(20,2)13-10-21(25)26)28-14-11-17-5-3-4-6-22(17)28/h3-6,8,11,14,18-21,23,25,29-30H,7,9-10,12-13,15-16H2,1-2H3/t18-,19-,20?,21?,23?,25?,26-,27-/m0/s1. The van der Waals surface area contributed by atoms with Crippen molar-refractivity contribution in [2.45, 2.75) is 71.0 Å². The van der Waals surface area contributed by atoms with Crippen molar-refractivity contribution < 1.29 is 10.2 Å². The molecular weight excluding hydrogens is 370 g/mol. The Kier molecular flexibility index (Phi) is 4.12. The molecule has 3 saturated carbocycles. The van der Waals surface area contributed by atoms with E-state index >= 15 is 0 Å². The molecule has 2 aromatic rings. The molecule has 0 aliphatic heterocycles. The van der Waals surface area contributed by atoms with Crippen LogP contribution in [-0.4, -0.2) is 27.0 Å². The second kappa shape index (κ2) is 6.46. The summed E-state index contributed by atoms with van der Waals surface area (Å²) in [7, 11) is 0. The van der Waals surface area contributed by atoms with Crippen LogP contribution < -0.4 is 0 Å². The molecule has 8 atom stereocenters. The van der Waals surface area contributed by atoms with E-state index in [2.05, 4.69) is 61.0 Å². The average molecular weight is 406 g/mol. The summed E-state index contributed by atoms with van der Waals surface area (Å²) >= 11 is 0. The molecule has 1 aromatic heterocycles. The Hall–Kier alpha value is -1.58. The van der Waals surface area contributed by atoms with Crippen LogP contribution in [-0.2, 0) is 0 Å². The second-order valence-electron chi connectivity index (χ2n) is 11.3. The fraction of sp³-hybridized carbons (Fsp3) is 0.630. The molecule has 0 spiro atoms. The number of nitrogens with zero attached hydrogens (tertiary/aromatic N) is 1. The van der Waals surface area contributed by atoms with E-state index in [1.165, 1.54) is 29.4 Å². The van der Waals surface area contributed by atoms with Crippen LogP contribution in [0.5, 0.6) is 0 Å². The fourth-order valence-corrected chi connectivity index (χ4v) is 8.42. The number of hydrogen-bond donors (Lipinski definition) is 2. The first-order chi connectivity index (χ1) is 14.4. The fourth-order valence-electron chi connectivity index (χ4n) is 8.42. The van der Waals surface area contributed by atoms with Gasteiger partial charge in [-0.05, 0) is 91.6 Å². The van der Waals surface area contributed by atoms with E-state index in [4.69, 9.17) is 0 Å². The summed E-state index contributed by atoms with van der Waals surface area (Å²) in [5, 5.41) is 23.0. The predicted molar refractivity (Wildman–Crippen MR) is 121 cm³/mol. The molecule has 30 heavy (non-hydrogen) atoms. The number of aliphatic hydroxyl groups is 2. The van der Waals surface area contributed by atoms with Crippen LogP contribution in [0, 0.1) is 34.5 Å². The van der Waals surface area contributed by atoms with Gasteiger partial charge in [0.1, 0.15) is 0 Å². The highest BCUT2D eigenvalue weighted by Gasteiger charge is 2.61. The van der Waals surface area contributed by atoms with E-state index in [0.717, 1.165) is 32.1 Å². The summed E-state index contributed by atoms with van der Waals surface area (Å²) in [6, 6.07) is 10.9. The van der Waals surface area contributed by atoms with Crippen LogP contribution >= 0.6 is 0 Å². The summed E-state index contributed by atoms with van der Waals surface area (Å²) < 4.78 is 2.42. The Morgan fingerprint density at radius 3 is 2.67 bits per heavy atom. The lowest BCUT2D eigenvalue weighted by Crippen LogP contribution is -2.58. The van der Waals surface area contributed by atoms with Crippen molar-refractivity contribution in [2.24, 2.45) is 34.5 Å². The first-order valence-electron chi connectivity index (χ1n) is 12.0. The van der Waals surface area contributed by atoms with Gasteiger partial charge in [0.2, 0.25) is 0 Å². The van der Waals surface area contributed by atoms with E-state index in [1.54, 1.807) is 0 Å². The number of hydrogen-bond acceptors (Lipinski definition) is 2. The van der Waals surface area contributed by atoms with Crippen molar-refractivity contribution in [1.82, 2.24) is 4.57 Å². The molecular formula is C27H35NO2. The number of rotatable bonds is 1. The van der Waals surface area contributed by atoms with Gasteiger partial charge in [-0.15, -0.1) is 0 Å². The maximum absolute atomic E-state index is 11.4. The summed E-state index contributed by atoms with van der Waals surface area (Å²) in [6.45, 7) is 4.95. The number of aliphatic hydroxyl groups excluding tert-OH is 2. The molecule has 3 fully saturated rings. The molecule has 3 heteroatoms. The molecule has 1 heterocycles. The van der Waals surface area contributed by atoms with Gasteiger partial charge in [0.15, 0.2) is 0 Å². The number of aromatic nitrogens is 1. The average Bonchev–Trinajstić information content (AvgIpc) is 3.30. The first-order valence-corrected chi connectivity index (χ1v) is 12.0. The molecule has 2 N–H and O–H groups in total. The lowest BCUT2D eigenvalue weighted by Gasteiger charge is -2.62. The van der Waals surface area contributed by atoms with Crippen molar-refractivity contribution in [3.8, 4) is 0 Å². The minimum absolute atomic E-state index is 0.126. The molecule has 4 aliphatic carbocycles. The lowest BCUT2D eigenvalue weighted by atomic mass is 9.44. The SMILES string of the molecule is C[C@]12CCC3C(C(O)C[C@@H]4C[C@@H](O)CC[C@]34C)C1CC=C2n1ccc2ccccc21. The van der Waals surface area contributed by atoms with Gasteiger partial charge >= 0.3 is 0 Å². The third-order valence-electron chi connectivity index (χ3n) is 10.1. The van der Waals surface area contributed by atoms with Crippen molar-refractivity contribution in [2.75, 3.05) is 0 Å². The molecule has 6 rings (SSSR count). The number of para-hydroxylation sites is 1. The van der Waals surface area contributed by atoms with Gasteiger partial charge < -0.3 is 14.8 Å². The second-order valence-corrected chi connectivity index (χ2v) is 11.3. The van der Waals surface area contributed by atoms with Crippen molar-refractivity contribution in [1.29, 1.82) is 0 Å². The first kappa shape index (κ1) is 19.1. The molecule has 1 aromatic carbocycles. The monoisotopic (exact) mass is 405 g/mol. The summed E-state index contributed by atoms with van der Waals surface area (Å²) in [5.74, 6) is 1.97. The van der Waals surface area contributed by atoms with Crippen LogP contribution in [0.1, 0.15) is 58.8 Å². The van der Waals surface area contributed by atoms with Gasteiger partial charge in [0, 0.05) is 17.3 Å². The van der Waals surface area contributed by atoms with E-state index < -0.39 is 0 Å². The van der Waals surface area contributed by atoms with Gasteiger partial charge in [-0.1, -0.05) is 38.1 Å². The predicted octanol–water partition coefficient (Wildman–Crippen LogP) is 5.47. The molecule has 0 bridgehead atoms. The van der Waals surface area contributed by atoms with E-state index in [1.807, 2.05) is 0 Å². The van der Waals surface area contributed by atoms with Gasteiger partial charge in [-0.2, -0.15) is 0 Å². The normalized spacial score (nSPS) is 45.5. The zero-order valence-corrected chi connectivity index (χ0v) is 18.3. The third-order valence-corrected chi connectivity index (χ3v) is 10.1. The Morgan fingerprint density at radius 1 is 0.967 bits per heavy atom. The van der Waals surface area contributed by atoms with Crippen molar-refractivity contribution >= 4 is 16.6 Å². The highest BCUT2D eigenvalue weighted by molar-refractivity contribution is 5.84. The third kappa shape index (κ3) is 2.45. The van der Waals surface area contributed by atoms with Crippen LogP contribution in [0.25, 0.3) is 16.6 Å². The topological polar surface area (TPSA) is 45.4 Å². The highest BCUT2D eigenvalue weighted by Crippen LogP contribution is 2.67. The molecule has 160 valence electrons. The van der Waals surface area contributed by atoms with Crippen LogP contribution in [0.15, 0.2) is 42.6 Å². The zero-order chi connectivity index (χ0) is 20.7. The Morgan fingerprint density at radius 2 is 1.80 bits per heavy atom. The number of allylic oxidation sites excluding steroid dienone is 2. The quantitative estimate of drug-likeness (QED) is 0.661. The minimum atomic E-state index is -0.225. The lowest BCUT2D eigenvalue weighted by molar-refractivity contribution is -0.164. The Bertz CT molecular complexity index is 1010. The molecule has 0 radical (unpaired) electrons. The number of fused-ring (bicyclic) bond motifs is 6. The molecule has 4 aliphatic rings. The van der Waals surface area contributed by atoms with Gasteiger partial charge in [-0.3, -0.25) is 0 Å². The maximum Gasteiger partial charge on any atom is 0.0577 e. The molecule has 0 amide bonds. The van der Waals surface area contributed by atoms with Crippen LogP contribution in [0.3, 0.4) is 0 Å². The molecule has 4 unspecified atom stereocenters. The van der Waals surface area contributed by atoms with Gasteiger partial charge in [0.05, 0.1) is 17.7 Å². The summed E-state index contributed by atoms with van der Waals surface area (Å²) in [5.41, 5.74) is 3.16. The Labute approximate surface area is 179 Å². The van der Waals surface area contributed by atoms with Crippen LogP contribution in [0.2, 0.25) is 0 Å². The van der Waals surface area contributed by atoms with Crippen molar-refractivity contribution in [3.63, 3.8) is 0 Å². The van der Waals surface area contributed by atoms with E-state index in [0.29, 0.717) is 23.7 Å². The maximum atomic E-state index is 11.4. The summed E-state index contributed by atoms with van der Waals surface area (Å²) in [4.78, 5) is 0. The van der Waals surface area contributed by atoms with Crippen LogP contribution in [0.4, 0.5) is 0 Å². The molecule has 3 nitrogen and oxygen atoms in total. The Balaban J connectivity index is 1.36. The molecule has 0 saturated heterocycles. The highest BCUT2D eigenvalue weighted by atomic mass is 16.3. The number of benzene rings is 1. The van der Waals surface area contributed by atoms with Gasteiger partial charge in [0.25, 0.3) is 0 Å². The van der Waals surface area contributed by atoms with E-state index in [9.17, 15) is 10.2 Å². The minimum Gasteiger partial charge on any atom is -0.393 e. The zero-order valence-electron chi connectivity index (χ0n) is 18.3. The van der Waals surface area contributed by atoms with E-state index in [-0.39, 0.29) is 23.0 Å². The smallest absolute Gasteiger partial charge is 0.0577 e. The van der Waals surface area contributed by atoms with Crippen molar-refractivity contribution in [3.05, 3.63) is 42.6 Å².